The maximum absolute atomic E-state index is 13.0. The molecule has 1 aliphatic heterocycles. The minimum Gasteiger partial charge on any atom is -0.263 e. The van der Waals surface area contributed by atoms with Crippen LogP contribution in [0.1, 0.15) is 18.9 Å². The van der Waals surface area contributed by atoms with Crippen molar-refractivity contribution in [3.63, 3.8) is 0 Å². The molecule has 0 saturated carbocycles. The molecule has 0 N–H and O–H groups in total. The van der Waals surface area contributed by atoms with Gasteiger partial charge in [-0.05, 0) is 49.6 Å². The van der Waals surface area contributed by atoms with E-state index < -0.39 is 10.0 Å². The molecule has 0 amide bonds. The van der Waals surface area contributed by atoms with Crippen LogP contribution in [0, 0.1) is 0 Å². The van der Waals surface area contributed by atoms with E-state index in [0.717, 1.165) is 28.6 Å². The fraction of sp³-hybridized carbons (Fsp3) is 0.250. The first-order chi connectivity index (χ1) is 10.00. The van der Waals surface area contributed by atoms with Crippen molar-refractivity contribution in [1.82, 2.24) is 0 Å². The smallest absolute Gasteiger partial charge is 0.263 e. The number of hydrogen-bond acceptors (Lipinski definition) is 2. The Bertz CT molecular complexity index is 773. The summed E-state index contributed by atoms with van der Waals surface area (Å²) in [7, 11) is -3.54. The third-order valence-electron chi connectivity index (χ3n) is 3.81. The summed E-state index contributed by atoms with van der Waals surface area (Å²) in [5.41, 5.74) is 1.89. The quantitative estimate of drug-likeness (QED) is 0.806. The molecule has 110 valence electrons. The number of fused-ring (bicyclic) bond motifs is 1. The van der Waals surface area contributed by atoms with E-state index in [0.29, 0.717) is 4.90 Å². The summed E-state index contributed by atoms with van der Waals surface area (Å²) < 4.78 is 28.4. The fourth-order valence-electron chi connectivity index (χ4n) is 2.76. The number of hydrogen-bond donors (Lipinski definition) is 0. The molecule has 0 spiro atoms. The summed E-state index contributed by atoms with van der Waals surface area (Å²) in [4.78, 5) is 0.320. The van der Waals surface area contributed by atoms with Crippen LogP contribution in [0.25, 0.3) is 0 Å². The molecule has 5 heteroatoms. The van der Waals surface area contributed by atoms with E-state index >= 15 is 0 Å². The number of aryl methyl sites for hydroxylation is 1. The van der Waals surface area contributed by atoms with Crippen LogP contribution in [0.2, 0.25) is 0 Å². The minimum atomic E-state index is -3.54. The normalized spacial score (nSPS) is 18.4. The lowest BCUT2D eigenvalue weighted by molar-refractivity contribution is 0.563. The molecule has 0 bridgehead atoms. The number of para-hydroxylation sites is 1. The molecule has 2 aromatic carbocycles. The van der Waals surface area contributed by atoms with E-state index in [1.807, 2.05) is 37.3 Å². The third kappa shape index (κ3) is 2.60. The van der Waals surface area contributed by atoms with Crippen molar-refractivity contribution in [2.75, 3.05) is 4.31 Å². The van der Waals surface area contributed by atoms with Crippen molar-refractivity contribution in [2.24, 2.45) is 0 Å². The summed E-state index contributed by atoms with van der Waals surface area (Å²) >= 11 is 3.34. The Morgan fingerprint density at radius 3 is 2.67 bits per heavy atom. The van der Waals surface area contributed by atoms with Gasteiger partial charge < -0.3 is 0 Å². The summed E-state index contributed by atoms with van der Waals surface area (Å²) in [5.74, 6) is 0. The van der Waals surface area contributed by atoms with E-state index in [1.165, 1.54) is 0 Å². The summed E-state index contributed by atoms with van der Waals surface area (Å²) in [6, 6.07) is 14.6. The van der Waals surface area contributed by atoms with Crippen LogP contribution in [-0.4, -0.2) is 14.5 Å². The van der Waals surface area contributed by atoms with Gasteiger partial charge in [-0.2, -0.15) is 0 Å². The topological polar surface area (TPSA) is 37.4 Å². The minimum absolute atomic E-state index is 0.0381. The number of rotatable bonds is 2. The fourth-order valence-corrected chi connectivity index (χ4v) is 5.08. The molecule has 1 heterocycles. The molecule has 0 aromatic heterocycles. The van der Waals surface area contributed by atoms with Gasteiger partial charge in [-0.3, -0.25) is 4.31 Å². The number of sulfonamides is 1. The van der Waals surface area contributed by atoms with E-state index in [4.69, 9.17) is 0 Å². The number of halogens is 1. The molecule has 1 atom stereocenters. The largest absolute Gasteiger partial charge is 0.264 e. The van der Waals surface area contributed by atoms with Gasteiger partial charge in [0.25, 0.3) is 10.0 Å². The van der Waals surface area contributed by atoms with Crippen LogP contribution in [0.5, 0.6) is 0 Å². The Kier molecular flexibility index (Phi) is 3.80. The predicted molar refractivity (Wildman–Crippen MR) is 88.0 cm³/mol. The Morgan fingerprint density at radius 2 is 1.90 bits per heavy atom. The molecule has 3 rings (SSSR count). The molecule has 0 fully saturated rings. The van der Waals surface area contributed by atoms with Crippen molar-refractivity contribution < 1.29 is 8.42 Å². The second-order valence-corrected chi connectivity index (χ2v) is 8.01. The van der Waals surface area contributed by atoms with Crippen molar-refractivity contribution in [1.29, 1.82) is 0 Å². The van der Waals surface area contributed by atoms with E-state index in [-0.39, 0.29) is 6.04 Å². The molecule has 2 aromatic rings. The van der Waals surface area contributed by atoms with Gasteiger partial charge in [-0.25, -0.2) is 8.42 Å². The molecule has 0 unspecified atom stereocenters. The third-order valence-corrected chi connectivity index (χ3v) is 6.23. The van der Waals surface area contributed by atoms with Crippen molar-refractivity contribution in [3.8, 4) is 0 Å². The number of anilines is 1. The lowest BCUT2D eigenvalue weighted by Crippen LogP contribution is -2.42. The van der Waals surface area contributed by atoms with Crippen LogP contribution >= 0.6 is 15.9 Å². The molecule has 0 aliphatic carbocycles. The average Bonchev–Trinajstić information content (AvgIpc) is 2.46. The maximum Gasteiger partial charge on any atom is 0.264 e. The Hall–Kier alpha value is -1.33. The first-order valence-electron chi connectivity index (χ1n) is 6.88. The monoisotopic (exact) mass is 365 g/mol. The second kappa shape index (κ2) is 5.46. The molecule has 0 saturated heterocycles. The van der Waals surface area contributed by atoms with Crippen LogP contribution in [0.15, 0.2) is 57.9 Å². The van der Waals surface area contributed by atoms with Gasteiger partial charge >= 0.3 is 0 Å². The molecule has 21 heavy (non-hydrogen) atoms. The lowest BCUT2D eigenvalue weighted by Gasteiger charge is -2.36. The van der Waals surface area contributed by atoms with E-state index in [1.54, 1.807) is 22.5 Å². The number of nitrogens with zero attached hydrogens (tertiary/aromatic N) is 1. The summed E-state index contributed by atoms with van der Waals surface area (Å²) in [6.45, 7) is 1.96. The molecule has 3 nitrogen and oxygen atoms in total. The Labute approximate surface area is 133 Å². The zero-order valence-electron chi connectivity index (χ0n) is 11.7. The van der Waals surface area contributed by atoms with Crippen LogP contribution in [-0.2, 0) is 16.4 Å². The van der Waals surface area contributed by atoms with Crippen molar-refractivity contribution in [2.45, 2.75) is 30.7 Å². The summed E-state index contributed by atoms with van der Waals surface area (Å²) in [5, 5.41) is 0. The van der Waals surface area contributed by atoms with Crippen LogP contribution in [0.4, 0.5) is 5.69 Å². The highest BCUT2D eigenvalue weighted by Gasteiger charge is 2.33. The van der Waals surface area contributed by atoms with Gasteiger partial charge in [-0.1, -0.05) is 40.2 Å². The Balaban J connectivity index is 2.15. The second-order valence-electron chi connectivity index (χ2n) is 5.27. The van der Waals surface area contributed by atoms with E-state index in [9.17, 15) is 8.42 Å². The highest BCUT2D eigenvalue weighted by Crippen LogP contribution is 2.35. The molecular formula is C16H16BrNO2S. The van der Waals surface area contributed by atoms with Gasteiger partial charge in [0.05, 0.1) is 10.6 Å². The van der Waals surface area contributed by atoms with Gasteiger partial charge in [0.15, 0.2) is 0 Å². The predicted octanol–water partition coefficient (Wildman–Crippen LogP) is 3.98. The standard InChI is InChI=1S/C16H16BrNO2S/c1-12-9-10-13-5-2-3-8-16(13)18(12)21(19,20)15-7-4-6-14(17)11-15/h2-8,11-12H,9-10H2,1H3/t12-/m1/s1. The average molecular weight is 366 g/mol. The maximum atomic E-state index is 13.0. The highest BCUT2D eigenvalue weighted by molar-refractivity contribution is 9.10. The molecule has 0 radical (unpaired) electrons. The van der Waals surface area contributed by atoms with Gasteiger partial charge in [0.1, 0.15) is 0 Å². The van der Waals surface area contributed by atoms with Crippen LogP contribution < -0.4 is 4.31 Å². The number of benzene rings is 2. The first kappa shape index (κ1) is 14.6. The lowest BCUT2D eigenvalue weighted by atomic mass is 9.99. The van der Waals surface area contributed by atoms with Crippen molar-refractivity contribution >= 4 is 31.6 Å². The summed E-state index contributed by atoms with van der Waals surface area (Å²) in [6.07, 6.45) is 1.76. The SMILES string of the molecule is C[C@@H]1CCc2ccccc2N1S(=O)(=O)c1cccc(Br)c1. The first-order valence-corrected chi connectivity index (χ1v) is 9.11. The van der Waals surface area contributed by atoms with E-state index in [2.05, 4.69) is 15.9 Å². The zero-order chi connectivity index (χ0) is 15.0. The van der Waals surface area contributed by atoms with Gasteiger partial charge in [-0.15, -0.1) is 0 Å². The highest BCUT2D eigenvalue weighted by atomic mass is 79.9. The van der Waals surface area contributed by atoms with Gasteiger partial charge in [0, 0.05) is 10.5 Å². The molecular weight excluding hydrogens is 350 g/mol. The zero-order valence-corrected chi connectivity index (χ0v) is 14.1. The van der Waals surface area contributed by atoms with Gasteiger partial charge in [0.2, 0.25) is 0 Å². The Morgan fingerprint density at radius 1 is 1.14 bits per heavy atom. The molecule has 1 aliphatic rings. The van der Waals surface area contributed by atoms with Crippen molar-refractivity contribution in [3.05, 3.63) is 58.6 Å². The van der Waals surface area contributed by atoms with Crippen LogP contribution in [0.3, 0.4) is 0 Å².